The number of nitrogens with zero attached hydrogens (tertiary/aromatic N) is 1. The first-order chi connectivity index (χ1) is 8.41. The number of hydrogen-bond acceptors (Lipinski definition) is 1. The SMILES string of the molecule is Fc1c(-c2nc(Cl)c(Cl)cc2Cl)ccc(Br)c1Cl. The van der Waals surface area contributed by atoms with Crippen LogP contribution in [0.15, 0.2) is 22.7 Å². The zero-order valence-electron chi connectivity index (χ0n) is 8.45. The molecule has 0 fully saturated rings. The zero-order valence-corrected chi connectivity index (χ0v) is 13.1. The summed E-state index contributed by atoms with van der Waals surface area (Å²) in [6.45, 7) is 0. The molecule has 0 aliphatic heterocycles. The van der Waals surface area contributed by atoms with Crippen LogP contribution in [0, 0.1) is 5.82 Å². The Morgan fingerprint density at radius 1 is 1.06 bits per heavy atom. The van der Waals surface area contributed by atoms with E-state index in [0.29, 0.717) is 4.47 Å². The maximum absolute atomic E-state index is 14.0. The summed E-state index contributed by atoms with van der Waals surface area (Å²) in [5.74, 6) is -0.626. The fourth-order valence-electron chi connectivity index (χ4n) is 1.34. The monoisotopic (exact) mass is 387 g/mol. The van der Waals surface area contributed by atoms with Gasteiger partial charge in [-0.3, -0.25) is 0 Å². The number of pyridine rings is 1. The van der Waals surface area contributed by atoms with Gasteiger partial charge < -0.3 is 0 Å². The van der Waals surface area contributed by atoms with Gasteiger partial charge in [0.1, 0.15) is 5.15 Å². The number of aromatic nitrogens is 1. The topological polar surface area (TPSA) is 12.9 Å². The highest BCUT2D eigenvalue weighted by atomic mass is 79.9. The fourth-order valence-corrected chi connectivity index (χ4v) is 2.41. The van der Waals surface area contributed by atoms with Crippen molar-refractivity contribution < 1.29 is 4.39 Å². The maximum atomic E-state index is 14.0. The molecule has 94 valence electrons. The minimum Gasteiger partial charge on any atom is -0.233 e. The van der Waals surface area contributed by atoms with Gasteiger partial charge >= 0.3 is 0 Å². The average molecular weight is 390 g/mol. The van der Waals surface area contributed by atoms with E-state index in [1.54, 1.807) is 6.07 Å². The van der Waals surface area contributed by atoms with Gasteiger partial charge in [0.05, 0.1) is 20.8 Å². The third kappa shape index (κ3) is 2.61. The van der Waals surface area contributed by atoms with Crippen LogP contribution in [-0.2, 0) is 0 Å². The van der Waals surface area contributed by atoms with E-state index in [4.69, 9.17) is 46.4 Å². The Bertz CT molecular complexity index is 633. The standard InChI is InChI=1S/C11H3BrCl4FN/c12-5-2-1-4(9(17)8(5)15)10-6(13)3-7(14)11(16)18-10/h1-3H. The van der Waals surface area contributed by atoms with Gasteiger partial charge in [0, 0.05) is 10.0 Å². The molecule has 2 rings (SSSR count). The molecule has 0 unspecified atom stereocenters. The molecule has 1 nitrogen and oxygen atoms in total. The van der Waals surface area contributed by atoms with Gasteiger partial charge in [-0.15, -0.1) is 0 Å². The average Bonchev–Trinajstić information content (AvgIpc) is 2.32. The first-order valence-electron chi connectivity index (χ1n) is 4.57. The molecule has 0 aliphatic rings. The number of halogens is 6. The number of rotatable bonds is 1. The highest BCUT2D eigenvalue weighted by Crippen LogP contribution is 2.37. The normalized spacial score (nSPS) is 10.8. The molecule has 0 saturated carbocycles. The van der Waals surface area contributed by atoms with Gasteiger partial charge in [-0.1, -0.05) is 46.4 Å². The van der Waals surface area contributed by atoms with E-state index in [1.165, 1.54) is 12.1 Å². The molecule has 0 radical (unpaired) electrons. The van der Waals surface area contributed by atoms with Crippen LogP contribution in [-0.4, -0.2) is 4.98 Å². The van der Waals surface area contributed by atoms with Gasteiger partial charge in [-0.2, -0.15) is 0 Å². The summed E-state index contributed by atoms with van der Waals surface area (Å²) in [6, 6.07) is 4.51. The summed E-state index contributed by atoms with van der Waals surface area (Å²) in [7, 11) is 0. The van der Waals surface area contributed by atoms with E-state index in [2.05, 4.69) is 20.9 Å². The van der Waals surface area contributed by atoms with E-state index >= 15 is 0 Å². The first-order valence-corrected chi connectivity index (χ1v) is 6.87. The quantitative estimate of drug-likeness (QED) is 0.414. The Kier molecular flexibility index (Phi) is 4.40. The summed E-state index contributed by atoms with van der Waals surface area (Å²) >= 11 is 26.5. The lowest BCUT2D eigenvalue weighted by Crippen LogP contribution is -1.92. The zero-order chi connectivity index (χ0) is 13.4. The lowest BCUT2D eigenvalue weighted by molar-refractivity contribution is 0.630. The van der Waals surface area contributed by atoms with E-state index in [1.807, 2.05) is 0 Å². The lowest BCUT2D eigenvalue weighted by Gasteiger charge is -2.08. The van der Waals surface area contributed by atoms with Crippen LogP contribution in [0.25, 0.3) is 11.3 Å². The summed E-state index contributed by atoms with van der Waals surface area (Å²) in [5, 5.41) is 0.404. The van der Waals surface area contributed by atoms with Gasteiger partial charge in [-0.05, 0) is 34.1 Å². The van der Waals surface area contributed by atoms with Crippen molar-refractivity contribution in [1.29, 1.82) is 0 Å². The molecule has 0 amide bonds. The largest absolute Gasteiger partial charge is 0.233 e. The molecular weight excluding hydrogens is 387 g/mol. The van der Waals surface area contributed by atoms with Crippen molar-refractivity contribution in [1.82, 2.24) is 4.98 Å². The summed E-state index contributed by atoms with van der Waals surface area (Å²) in [5.41, 5.74) is 0.352. The Balaban J connectivity index is 2.70. The second-order valence-corrected chi connectivity index (χ2v) is 5.72. The number of benzene rings is 1. The molecule has 0 aliphatic carbocycles. The summed E-state index contributed by atoms with van der Waals surface area (Å²) in [6.07, 6.45) is 0. The maximum Gasteiger partial charge on any atom is 0.152 e. The minimum absolute atomic E-state index is 0.0450. The Morgan fingerprint density at radius 3 is 2.39 bits per heavy atom. The second kappa shape index (κ2) is 5.51. The van der Waals surface area contributed by atoms with Crippen LogP contribution in [0.5, 0.6) is 0 Å². The van der Waals surface area contributed by atoms with Gasteiger partial charge in [0.15, 0.2) is 5.82 Å². The molecule has 1 aromatic carbocycles. The van der Waals surface area contributed by atoms with Gasteiger partial charge in [-0.25, -0.2) is 9.37 Å². The van der Waals surface area contributed by atoms with E-state index in [9.17, 15) is 4.39 Å². The third-order valence-electron chi connectivity index (χ3n) is 2.18. The van der Waals surface area contributed by atoms with Crippen molar-refractivity contribution in [3.8, 4) is 11.3 Å². The van der Waals surface area contributed by atoms with Crippen molar-refractivity contribution in [3.63, 3.8) is 0 Å². The highest BCUT2D eigenvalue weighted by Gasteiger charge is 2.17. The van der Waals surface area contributed by atoms with Crippen LogP contribution in [0.1, 0.15) is 0 Å². The molecule has 18 heavy (non-hydrogen) atoms. The minimum atomic E-state index is -0.626. The molecule has 2 aromatic rings. The summed E-state index contributed by atoms with van der Waals surface area (Å²) < 4.78 is 14.5. The molecule has 1 aromatic heterocycles. The molecule has 0 bridgehead atoms. The fraction of sp³-hybridized carbons (Fsp3) is 0. The van der Waals surface area contributed by atoms with Crippen molar-refractivity contribution >= 4 is 62.3 Å². The molecule has 0 spiro atoms. The molecule has 7 heteroatoms. The third-order valence-corrected chi connectivity index (χ3v) is 4.40. The highest BCUT2D eigenvalue weighted by molar-refractivity contribution is 9.10. The van der Waals surface area contributed by atoms with Crippen molar-refractivity contribution in [2.75, 3.05) is 0 Å². The lowest BCUT2D eigenvalue weighted by atomic mass is 10.1. The van der Waals surface area contributed by atoms with Crippen molar-refractivity contribution in [2.45, 2.75) is 0 Å². The van der Waals surface area contributed by atoms with E-state index in [0.717, 1.165) is 0 Å². The van der Waals surface area contributed by atoms with Gasteiger partial charge in [0.25, 0.3) is 0 Å². The molecule has 0 atom stereocenters. The van der Waals surface area contributed by atoms with Crippen LogP contribution < -0.4 is 0 Å². The Hall–Kier alpha value is -0.0600. The van der Waals surface area contributed by atoms with Crippen LogP contribution in [0.4, 0.5) is 4.39 Å². The molecular formula is C11H3BrCl4FN. The van der Waals surface area contributed by atoms with Crippen molar-refractivity contribution in [3.05, 3.63) is 48.7 Å². The van der Waals surface area contributed by atoms with Crippen LogP contribution in [0.2, 0.25) is 20.2 Å². The Morgan fingerprint density at radius 2 is 1.72 bits per heavy atom. The predicted molar refractivity (Wildman–Crippen MR) is 77.4 cm³/mol. The summed E-state index contributed by atoms with van der Waals surface area (Å²) in [4.78, 5) is 3.96. The molecule has 1 heterocycles. The Labute approximate surface area is 131 Å². The van der Waals surface area contributed by atoms with Gasteiger partial charge in [0.2, 0.25) is 0 Å². The first kappa shape index (κ1) is 14.4. The van der Waals surface area contributed by atoms with Crippen LogP contribution >= 0.6 is 62.3 Å². The van der Waals surface area contributed by atoms with Crippen LogP contribution in [0.3, 0.4) is 0 Å². The molecule has 0 N–H and O–H groups in total. The van der Waals surface area contributed by atoms with Crippen molar-refractivity contribution in [2.24, 2.45) is 0 Å². The smallest absolute Gasteiger partial charge is 0.152 e. The predicted octanol–water partition coefficient (Wildman–Crippen LogP) is 6.26. The number of hydrogen-bond donors (Lipinski definition) is 0. The van der Waals surface area contributed by atoms with E-state index in [-0.39, 0.29) is 31.5 Å². The van der Waals surface area contributed by atoms with E-state index < -0.39 is 5.82 Å². The molecule has 0 saturated heterocycles. The second-order valence-electron chi connectivity index (χ2n) is 3.31.